The molecule has 3 aromatic rings. The number of nitrogens with two attached hydrogens (primary N) is 2. The largest absolute Gasteiger partial charge is 0.394 e. The molecule has 9 nitrogen and oxygen atoms in total. The molecule has 0 aromatic heterocycles. The minimum Gasteiger partial charge on any atom is -0.394 e. The van der Waals surface area contributed by atoms with Gasteiger partial charge in [-0.05, 0) is 65.9 Å². The predicted octanol–water partition coefficient (Wildman–Crippen LogP) is 2.25. The van der Waals surface area contributed by atoms with Gasteiger partial charge in [0.05, 0.1) is 23.6 Å². The summed E-state index contributed by atoms with van der Waals surface area (Å²) in [6.07, 6.45) is 0.603. The van der Waals surface area contributed by atoms with Gasteiger partial charge in [0.1, 0.15) is 5.92 Å². The number of aliphatic hydroxyl groups is 1. The number of anilines is 1. The highest BCUT2D eigenvalue weighted by Crippen LogP contribution is 2.49. The fraction of sp³-hybridized carbons (Fsp3) is 0.286. The topological polar surface area (TPSA) is 156 Å². The quantitative estimate of drug-likeness (QED) is 0.341. The molecule has 0 bridgehead atoms. The van der Waals surface area contributed by atoms with Crippen molar-refractivity contribution in [1.29, 1.82) is 0 Å². The zero-order valence-electron chi connectivity index (χ0n) is 20.9. The Bertz CT molecular complexity index is 1490. The van der Waals surface area contributed by atoms with Crippen molar-refractivity contribution in [3.05, 3.63) is 83.4 Å². The van der Waals surface area contributed by atoms with Crippen molar-refractivity contribution < 1.29 is 23.1 Å². The molecule has 3 atom stereocenters. The number of nitrogens with zero attached hydrogens (tertiary/aromatic N) is 1. The van der Waals surface area contributed by atoms with Crippen molar-refractivity contribution >= 4 is 27.5 Å². The van der Waals surface area contributed by atoms with Crippen LogP contribution in [0.4, 0.5) is 5.69 Å². The molecule has 2 amide bonds. The summed E-state index contributed by atoms with van der Waals surface area (Å²) in [5, 5.41) is 13.5. The average molecular weight is 535 g/mol. The molecule has 0 saturated carbocycles. The summed E-state index contributed by atoms with van der Waals surface area (Å²) in [5.41, 5.74) is 15.3. The van der Waals surface area contributed by atoms with Gasteiger partial charge >= 0.3 is 0 Å². The molecule has 2 aliphatic rings. The third kappa shape index (κ3) is 4.44. The molecule has 10 heteroatoms. The number of nitrogens with one attached hydrogen (secondary N) is 1. The summed E-state index contributed by atoms with van der Waals surface area (Å²) in [7, 11) is -3.79. The van der Waals surface area contributed by atoms with E-state index >= 15 is 0 Å². The SMILES string of the molecule is Cc1ccc(S(=O)(=O)N2CC[C@@H]3[C@H](CO)Nc4ccc(-c5cccc(C(C(N)=O)C(N)=O)c5)cc4[C@@H]32)cc1. The Kier molecular flexibility index (Phi) is 6.72. The predicted molar refractivity (Wildman–Crippen MR) is 143 cm³/mol. The van der Waals surface area contributed by atoms with Crippen LogP contribution in [0.1, 0.15) is 35.1 Å². The van der Waals surface area contributed by atoms with Gasteiger partial charge in [0.15, 0.2) is 0 Å². The number of benzene rings is 3. The van der Waals surface area contributed by atoms with E-state index in [1.165, 1.54) is 0 Å². The molecular formula is C28H30N4O5S. The smallest absolute Gasteiger partial charge is 0.243 e. The second-order valence-corrected chi connectivity index (χ2v) is 11.8. The number of sulfonamides is 1. The first kappa shape index (κ1) is 25.9. The second-order valence-electron chi connectivity index (χ2n) is 9.92. The molecule has 2 aliphatic heterocycles. The number of hydrogen-bond acceptors (Lipinski definition) is 6. The molecule has 0 spiro atoms. The number of hydrogen-bond donors (Lipinski definition) is 4. The average Bonchev–Trinajstić information content (AvgIpc) is 3.35. The fourth-order valence-electron chi connectivity index (χ4n) is 5.68. The molecule has 38 heavy (non-hydrogen) atoms. The third-order valence-corrected chi connectivity index (χ3v) is 9.47. The van der Waals surface area contributed by atoms with E-state index < -0.39 is 33.8 Å². The van der Waals surface area contributed by atoms with Gasteiger partial charge in [0, 0.05) is 18.2 Å². The molecule has 2 heterocycles. The number of carbonyl (C=O) groups is 2. The molecule has 3 aromatic carbocycles. The number of carbonyl (C=O) groups excluding carboxylic acids is 2. The van der Waals surface area contributed by atoms with E-state index in [4.69, 9.17) is 11.5 Å². The van der Waals surface area contributed by atoms with Gasteiger partial charge in [-0.15, -0.1) is 0 Å². The molecular weight excluding hydrogens is 504 g/mol. The summed E-state index contributed by atoms with van der Waals surface area (Å²) in [6.45, 7) is 2.12. The van der Waals surface area contributed by atoms with Crippen LogP contribution in [0.2, 0.25) is 0 Å². The molecule has 1 saturated heterocycles. The van der Waals surface area contributed by atoms with Crippen LogP contribution in [0.5, 0.6) is 0 Å². The summed E-state index contributed by atoms with van der Waals surface area (Å²) in [6, 6.07) is 18.6. The Morgan fingerprint density at radius 1 is 1.03 bits per heavy atom. The van der Waals surface area contributed by atoms with Gasteiger partial charge in [0.25, 0.3) is 0 Å². The lowest BCUT2D eigenvalue weighted by molar-refractivity contribution is -0.128. The minimum absolute atomic E-state index is 0.121. The van der Waals surface area contributed by atoms with Gasteiger partial charge < -0.3 is 21.9 Å². The maximum Gasteiger partial charge on any atom is 0.243 e. The summed E-state index contributed by atoms with van der Waals surface area (Å²) in [4.78, 5) is 24.0. The number of aryl methyl sites for hydroxylation is 1. The lowest BCUT2D eigenvalue weighted by Crippen LogP contribution is -2.42. The van der Waals surface area contributed by atoms with Gasteiger partial charge in [-0.1, -0.05) is 42.0 Å². The Labute approximate surface area is 221 Å². The summed E-state index contributed by atoms with van der Waals surface area (Å²) in [5.74, 6) is -3.03. The van der Waals surface area contributed by atoms with E-state index in [9.17, 15) is 23.1 Å². The lowest BCUT2D eigenvalue weighted by atomic mass is 9.82. The van der Waals surface area contributed by atoms with E-state index in [1.807, 2.05) is 31.2 Å². The number of primary amides is 2. The zero-order valence-corrected chi connectivity index (χ0v) is 21.7. The maximum atomic E-state index is 13.8. The van der Waals surface area contributed by atoms with Crippen molar-refractivity contribution in [2.75, 3.05) is 18.5 Å². The van der Waals surface area contributed by atoms with Crippen LogP contribution >= 0.6 is 0 Å². The Morgan fingerprint density at radius 3 is 2.37 bits per heavy atom. The number of fused-ring (bicyclic) bond motifs is 3. The molecule has 6 N–H and O–H groups in total. The molecule has 0 radical (unpaired) electrons. The van der Waals surface area contributed by atoms with Crippen LogP contribution in [0.15, 0.2) is 71.6 Å². The van der Waals surface area contributed by atoms with Crippen LogP contribution in [-0.4, -0.2) is 48.8 Å². The van der Waals surface area contributed by atoms with Crippen LogP contribution in [0.25, 0.3) is 11.1 Å². The van der Waals surface area contributed by atoms with E-state index in [-0.39, 0.29) is 23.5 Å². The molecule has 0 unspecified atom stereocenters. The molecule has 1 fully saturated rings. The zero-order chi connectivity index (χ0) is 27.2. The molecule has 5 rings (SSSR count). The lowest BCUT2D eigenvalue weighted by Gasteiger charge is -2.39. The number of rotatable bonds is 7. The van der Waals surface area contributed by atoms with Crippen LogP contribution in [0.3, 0.4) is 0 Å². The first-order chi connectivity index (χ1) is 18.1. The van der Waals surface area contributed by atoms with Crippen molar-refractivity contribution in [2.24, 2.45) is 17.4 Å². The first-order valence-electron chi connectivity index (χ1n) is 12.4. The first-order valence-corrected chi connectivity index (χ1v) is 13.8. The van der Waals surface area contributed by atoms with Crippen molar-refractivity contribution in [1.82, 2.24) is 4.31 Å². The second kappa shape index (κ2) is 9.86. The molecule has 198 valence electrons. The van der Waals surface area contributed by atoms with E-state index in [1.54, 1.807) is 46.8 Å². The summed E-state index contributed by atoms with van der Waals surface area (Å²) < 4.78 is 29.1. The molecule has 0 aliphatic carbocycles. The van der Waals surface area contributed by atoms with Gasteiger partial charge in [0.2, 0.25) is 21.8 Å². The van der Waals surface area contributed by atoms with Crippen molar-refractivity contribution in [3.8, 4) is 11.1 Å². The van der Waals surface area contributed by atoms with Crippen molar-refractivity contribution in [2.45, 2.75) is 36.2 Å². The van der Waals surface area contributed by atoms with Gasteiger partial charge in [-0.3, -0.25) is 9.59 Å². The highest BCUT2D eigenvalue weighted by Gasteiger charge is 2.48. The Balaban J connectivity index is 1.59. The van der Waals surface area contributed by atoms with Crippen LogP contribution in [-0.2, 0) is 19.6 Å². The fourth-order valence-corrected chi connectivity index (χ4v) is 7.35. The number of amides is 2. The highest BCUT2D eigenvalue weighted by molar-refractivity contribution is 7.89. The maximum absolute atomic E-state index is 13.8. The summed E-state index contributed by atoms with van der Waals surface area (Å²) >= 11 is 0. The minimum atomic E-state index is -3.79. The normalized spacial score (nSPS) is 21.0. The number of aliphatic hydroxyl groups excluding tert-OH is 1. The van der Waals surface area contributed by atoms with E-state index in [0.29, 0.717) is 18.5 Å². The van der Waals surface area contributed by atoms with E-state index in [0.717, 1.165) is 27.9 Å². The Morgan fingerprint density at radius 2 is 1.71 bits per heavy atom. The van der Waals surface area contributed by atoms with Crippen LogP contribution < -0.4 is 16.8 Å². The van der Waals surface area contributed by atoms with Gasteiger partial charge in [-0.2, -0.15) is 4.31 Å². The van der Waals surface area contributed by atoms with Crippen LogP contribution in [0, 0.1) is 12.8 Å². The van der Waals surface area contributed by atoms with Gasteiger partial charge in [-0.25, -0.2) is 8.42 Å². The van der Waals surface area contributed by atoms with Crippen molar-refractivity contribution in [3.63, 3.8) is 0 Å². The van der Waals surface area contributed by atoms with E-state index in [2.05, 4.69) is 5.32 Å². The standard InChI is InChI=1S/C28H30N4O5S/c1-16-5-8-20(9-6-16)38(36,37)32-12-11-21-24(15-33)31-23-10-7-18(14-22(23)26(21)32)17-3-2-4-19(13-17)25(27(29)34)28(30)35/h2-10,13-14,21,24-26,31,33H,11-12,15H2,1H3,(H2,29,34)(H2,30,35)/t21-,24+,26-/m1/s1. The Hall–Kier alpha value is -3.73. The monoisotopic (exact) mass is 534 g/mol. The third-order valence-electron chi connectivity index (χ3n) is 7.57. The highest BCUT2D eigenvalue weighted by atomic mass is 32.2.